The van der Waals surface area contributed by atoms with Gasteiger partial charge in [0.05, 0.1) is 32.5 Å². The molecule has 9 heteroatoms. The molecule has 0 saturated carbocycles. The van der Waals surface area contributed by atoms with E-state index in [0.29, 0.717) is 51.8 Å². The highest BCUT2D eigenvalue weighted by atomic mass is 16.5. The SMILES string of the molecule is CC(C)C[C@H](C(=O)N[C@@H](Cc1ccc(OCc2ccccc2)cc1)C(=O)NCCN1CCOCC1)N1CCOCC1. The maximum absolute atomic E-state index is 13.7. The first kappa shape index (κ1) is 31.0. The van der Waals surface area contributed by atoms with Crippen LogP contribution in [0.4, 0.5) is 0 Å². The summed E-state index contributed by atoms with van der Waals surface area (Å²) in [6, 6.07) is 16.8. The van der Waals surface area contributed by atoms with Crippen LogP contribution in [0, 0.1) is 5.92 Å². The molecule has 0 spiro atoms. The minimum Gasteiger partial charge on any atom is -0.489 e. The molecule has 2 atom stereocenters. The molecule has 2 aliphatic rings. The molecule has 2 aromatic carbocycles. The summed E-state index contributed by atoms with van der Waals surface area (Å²) in [4.78, 5) is 31.6. The zero-order chi connectivity index (χ0) is 28.9. The van der Waals surface area contributed by atoms with Crippen molar-refractivity contribution < 1.29 is 23.8 Å². The van der Waals surface area contributed by atoms with Gasteiger partial charge in [0, 0.05) is 45.7 Å². The fraction of sp³-hybridized carbons (Fsp3) is 0.562. The van der Waals surface area contributed by atoms with Crippen molar-refractivity contribution in [1.29, 1.82) is 0 Å². The third-order valence-electron chi connectivity index (χ3n) is 7.56. The van der Waals surface area contributed by atoms with Gasteiger partial charge in [-0.05, 0) is 35.6 Å². The van der Waals surface area contributed by atoms with E-state index in [1.807, 2.05) is 54.6 Å². The van der Waals surface area contributed by atoms with E-state index in [0.717, 1.165) is 56.1 Å². The van der Waals surface area contributed by atoms with Gasteiger partial charge in [-0.15, -0.1) is 0 Å². The van der Waals surface area contributed by atoms with E-state index in [-0.39, 0.29) is 17.9 Å². The Morgan fingerprint density at radius 1 is 0.854 bits per heavy atom. The molecule has 0 radical (unpaired) electrons. The van der Waals surface area contributed by atoms with E-state index >= 15 is 0 Å². The van der Waals surface area contributed by atoms with E-state index in [2.05, 4.69) is 34.3 Å². The number of rotatable bonds is 14. The molecule has 2 aromatic rings. The number of carbonyl (C=O) groups is 2. The average molecular weight is 567 g/mol. The Morgan fingerprint density at radius 2 is 1.51 bits per heavy atom. The summed E-state index contributed by atoms with van der Waals surface area (Å²) < 4.78 is 16.9. The van der Waals surface area contributed by atoms with Gasteiger partial charge in [0.1, 0.15) is 18.4 Å². The van der Waals surface area contributed by atoms with E-state index in [4.69, 9.17) is 14.2 Å². The van der Waals surface area contributed by atoms with E-state index in [9.17, 15) is 9.59 Å². The average Bonchev–Trinajstić information content (AvgIpc) is 3.00. The van der Waals surface area contributed by atoms with Crippen molar-refractivity contribution >= 4 is 11.8 Å². The van der Waals surface area contributed by atoms with Crippen LogP contribution >= 0.6 is 0 Å². The highest BCUT2D eigenvalue weighted by Gasteiger charge is 2.31. The minimum absolute atomic E-state index is 0.100. The summed E-state index contributed by atoms with van der Waals surface area (Å²) in [5.74, 6) is 0.841. The van der Waals surface area contributed by atoms with Gasteiger partial charge >= 0.3 is 0 Å². The highest BCUT2D eigenvalue weighted by Crippen LogP contribution is 2.17. The van der Waals surface area contributed by atoms with Crippen LogP contribution in [0.3, 0.4) is 0 Å². The third kappa shape index (κ3) is 10.4. The first-order valence-electron chi connectivity index (χ1n) is 14.9. The summed E-state index contributed by atoms with van der Waals surface area (Å²) in [6.07, 6.45) is 1.12. The number of hydrogen-bond acceptors (Lipinski definition) is 7. The Morgan fingerprint density at radius 3 is 2.17 bits per heavy atom. The zero-order valence-electron chi connectivity index (χ0n) is 24.6. The molecule has 9 nitrogen and oxygen atoms in total. The van der Waals surface area contributed by atoms with Crippen molar-refractivity contribution in [2.24, 2.45) is 5.92 Å². The molecule has 2 N–H and O–H groups in total. The predicted molar refractivity (Wildman–Crippen MR) is 159 cm³/mol. The van der Waals surface area contributed by atoms with E-state index < -0.39 is 6.04 Å². The lowest BCUT2D eigenvalue weighted by molar-refractivity contribution is -0.133. The molecule has 41 heavy (non-hydrogen) atoms. The summed E-state index contributed by atoms with van der Waals surface area (Å²) in [6.45, 7) is 11.8. The molecular weight excluding hydrogens is 520 g/mol. The number of morpholine rings is 2. The maximum Gasteiger partial charge on any atom is 0.242 e. The highest BCUT2D eigenvalue weighted by molar-refractivity contribution is 5.90. The maximum atomic E-state index is 13.7. The minimum atomic E-state index is -0.682. The van der Waals surface area contributed by atoms with Crippen LogP contribution in [0.25, 0.3) is 0 Å². The smallest absolute Gasteiger partial charge is 0.242 e. The number of nitrogens with one attached hydrogen (secondary N) is 2. The predicted octanol–water partition coefficient (Wildman–Crippen LogP) is 2.49. The standard InChI is InChI=1S/C32H46N4O5/c1-25(2)22-30(36-16-20-40-21-17-36)32(38)34-29(31(37)33-12-13-35-14-18-39-19-15-35)23-26-8-10-28(11-9-26)41-24-27-6-4-3-5-7-27/h3-11,25,29-30H,12-24H2,1-2H3,(H,33,37)(H,34,38)/t29-,30+/m0/s1. The van der Waals surface area contributed by atoms with Crippen LogP contribution in [-0.2, 0) is 32.1 Å². The second-order valence-electron chi connectivity index (χ2n) is 11.2. The molecule has 2 heterocycles. The van der Waals surface area contributed by atoms with E-state index in [1.165, 1.54) is 0 Å². The molecule has 2 aliphatic heterocycles. The van der Waals surface area contributed by atoms with Crippen molar-refractivity contribution in [3.63, 3.8) is 0 Å². The fourth-order valence-electron chi connectivity index (χ4n) is 5.22. The van der Waals surface area contributed by atoms with Crippen LogP contribution in [0.15, 0.2) is 54.6 Å². The summed E-state index contributed by atoms with van der Waals surface area (Å²) in [7, 11) is 0. The molecule has 2 fully saturated rings. The fourth-order valence-corrected chi connectivity index (χ4v) is 5.22. The Hall–Kier alpha value is -2.98. The largest absolute Gasteiger partial charge is 0.489 e. The number of hydrogen-bond donors (Lipinski definition) is 2. The summed E-state index contributed by atoms with van der Waals surface area (Å²) in [5, 5.41) is 6.19. The van der Waals surface area contributed by atoms with Gasteiger partial charge in [-0.25, -0.2) is 0 Å². The first-order valence-corrected chi connectivity index (χ1v) is 14.9. The second-order valence-corrected chi connectivity index (χ2v) is 11.2. The van der Waals surface area contributed by atoms with Crippen LogP contribution < -0.4 is 15.4 Å². The first-order chi connectivity index (χ1) is 20.0. The van der Waals surface area contributed by atoms with Crippen molar-refractivity contribution in [1.82, 2.24) is 20.4 Å². The number of ether oxygens (including phenoxy) is 3. The Kier molecular flexibility index (Phi) is 12.4. The topological polar surface area (TPSA) is 92.4 Å². The van der Waals surface area contributed by atoms with Crippen molar-refractivity contribution in [3.8, 4) is 5.75 Å². The number of carbonyl (C=O) groups excluding carboxylic acids is 2. The molecule has 0 aromatic heterocycles. The second kappa shape index (κ2) is 16.5. The van der Waals surface area contributed by atoms with Crippen molar-refractivity contribution in [2.45, 2.75) is 45.4 Å². The van der Waals surface area contributed by atoms with Gasteiger partial charge in [-0.2, -0.15) is 0 Å². The lowest BCUT2D eigenvalue weighted by atomic mass is 9.99. The lowest BCUT2D eigenvalue weighted by Gasteiger charge is -2.35. The number of benzene rings is 2. The molecule has 2 saturated heterocycles. The van der Waals surface area contributed by atoms with Crippen molar-refractivity contribution in [3.05, 3.63) is 65.7 Å². The number of nitrogens with zero attached hydrogens (tertiary/aromatic N) is 2. The van der Waals surface area contributed by atoms with Crippen LogP contribution in [-0.4, -0.2) is 99.4 Å². The molecule has 0 aliphatic carbocycles. The molecule has 0 bridgehead atoms. The van der Waals surface area contributed by atoms with Crippen LogP contribution in [0.1, 0.15) is 31.4 Å². The van der Waals surface area contributed by atoms with Crippen LogP contribution in [0.5, 0.6) is 5.75 Å². The van der Waals surface area contributed by atoms with Gasteiger partial charge in [-0.1, -0.05) is 56.3 Å². The lowest BCUT2D eigenvalue weighted by Crippen LogP contribution is -2.57. The molecular formula is C32H46N4O5. The van der Waals surface area contributed by atoms with Gasteiger partial charge in [-0.3, -0.25) is 19.4 Å². The molecule has 224 valence electrons. The number of amides is 2. The summed E-state index contributed by atoms with van der Waals surface area (Å²) in [5.41, 5.74) is 2.06. The molecule has 0 unspecified atom stereocenters. The van der Waals surface area contributed by atoms with Gasteiger partial charge in [0.25, 0.3) is 0 Å². The zero-order valence-corrected chi connectivity index (χ0v) is 24.6. The normalized spacial score (nSPS) is 18.0. The van der Waals surface area contributed by atoms with Gasteiger partial charge < -0.3 is 24.8 Å². The Bertz CT molecular complexity index is 1050. The summed E-state index contributed by atoms with van der Waals surface area (Å²) >= 11 is 0. The Labute approximate surface area is 244 Å². The van der Waals surface area contributed by atoms with Crippen molar-refractivity contribution in [2.75, 3.05) is 65.7 Å². The van der Waals surface area contributed by atoms with Gasteiger partial charge in [0.2, 0.25) is 11.8 Å². The molecule has 4 rings (SSSR count). The Balaban J connectivity index is 1.40. The van der Waals surface area contributed by atoms with Crippen LogP contribution in [0.2, 0.25) is 0 Å². The van der Waals surface area contributed by atoms with E-state index in [1.54, 1.807) is 0 Å². The third-order valence-corrected chi connectivity index (χ3v) is 7.56. The quantitative estimate of drug-likeness (QED) is 0.363. The monoisotopic (exact) mass is 566 g/mol. The van der Waals surface area contributed by atoms with Gasteiger partial charge in [0.15, 0.2) is 0 Å². The molecule has 2 amide bonds.